The molecule has 2 rings (SSSR count). The van der Waals surface area contributed by atoms with E-state index in [0.717, 1.165) is 44.9 Å². The third kappa shape index (κ3) is 4.61. The standard InChI is InChI=1S/C16H28N2O3/c1-16(2)8-6-12(7-9-16)17-15(21)18-10-4-3-5-13(18)11-14(19)20/h12-13H,3-11H2,1-2H3,(H,17,21)(H,19,20). The molecule has 1 heterocycles. The molecule has 0 spiro atoms. The first-order valence-corrected chi connectivity index (χ1v) is 8.16. The highest BCUT2D eigenvalue weighted by atomic mass is 16.4. The fraction of sp³-hybridized carbons (Fsp3) is 0.875. The number of aliphatic carboxylic acids is 1. The number of rotatable bonds is 3. The molecule has 1 saturated heterocycles. The van der Waals surface area contributed by atoms with Crippen LogP contribution in [-0.4, -0.2) is 40.6 Å². The maximum Gasteiger partial charge on any atom is 0.317 e. The number of nitrogens with zero attached hydrogens (tertiary/aromatic N) is 1. The zero-order chi connectivity index (χ0) is 15.5. The van der Waals surface area contributed by atoms with Crippen molar-refractivity contribution in [2.24, 2.45) is 5.41 Å². The van der Waals surface area contributed by atoms with E-state index < -0.39 is 5.97 Å². The molecule has 0 bridgehead atoms. The van der Waals surface area contributed by atoms with E-state index in [2.05, 4.69) is 19.2 Å². The predicted octanol–water partition coefficient (Wildman–Crippen LogP) is 2.99. The van der Waals surface area contributed by atoms with Gasteiger partial charge in [-0.15, -0.1) is 0 Å². The van der Waals surface area contributed by atoms with Gasteiger partial charge in [0.1, 0.15) is 0 Å². The molecule has 5 nitrogen and oxygen atoms in total. The number of amides is 2. The molecular weight excluding hydrogens is 268 g/mol. The highest BCUT2D eigenvalue weighted by molar-refractivity contribution is 5.76. The Hall–Kier alpha value is -1.26. The number of urea groups is 1. The van der Waals surface area contributed by atoms with Crippen molar-refractivity contribution >= 4 is 12.0 Å². The fourth-order valence-corrected chi connectivity index (χ4v) is 3.48. The Balaban J connectivity index is 1.87. The van der Waals surface area contributed by atoms with Gasteiger partial charge in [-0.2, -0.15) is 0 Å². The van der Waals surface area contributed by atoms with Crippen LogP contribution >= 0.6 is 0 Å². The minimum Gasteiger partial charge on any atom is -0.481 e. The van der Waals surface area contributed by atoms with Crippen molar-refractivity contribution in [2.45, 2.75) is 77.3 Å². The zero-order valence-corrected chi connectivity index (χ0v) is 13.2. The number of carboxylic acid groups (broad SMARTS) is 1. The maximum absolute atomic E-state index is 12.4. The van der Waals surface area contributed by atoms with Gasteiger partial charge in [-0.05, 0) is 50.4 Å². The molecule has 0 aromatic rings. The Morgan fingerprint density at radius 1 is 1.19 bits per heavy atom. The van der Waals surface area contributed by atoms with Crippen LogP contribution in [-0.2, 0) is 4.79 Å². The summed E-state index contributed by atoms with van der Waals surface area (Å²) in [4.78, 5) is 25.1. The van der Waals surface area contributed by atoms with E-state index in [1.807, 2.05) is 0 Å². The molecule has 1 unspecified atom stereocenters. The van der Waals surface area contributed by atoms with Gasteiger partial charge in [0.05, 0.1) is 6.42 Å². The van der Waals surface area contributed by atoms with Gasteiger partial charge in [0.2, 0.25) is 0 Å². The molecule has 5 heteroatoms. The van der Waals surface area contributed by atoms with Gasteiger partial charge < -0.3 is 15.3 Å². The van der Waals surface area contributed by atoms with Crippen LogP contribution in [0.4, 0.5) is 4.79 Å². The quantitative estimate of drug-likeness (QED) is 0.841. The molecule has 0 radical (unpaired) electrons. The van der Waals surface area contributed by atoms with E-state index in [1.165, 1.54) is 0 Å². The summed E-state index contributed by atoms with van der Waals surface area (Å²) in [6, 6.07) is 0.0415. The van der Waals surface area contributed by atoms with E-state index >= 15 is 0 Å². The molecule has 1 atom stereocenters. The van der Waals surface area contributed by atoms with Crippen molar-refractivity contribution in [2.75, 3.05) is 6.54 Å². The molecule has 1 aliphatic carbocycles. The summed E-state index contributed by atoms with van der Waals surface area (Å²) in [6.07, 6.45) is 7.17. The van der Waals surface area contributed by atoms with E-state index in [0.29, 0.717) is 12.0 Å². The Morgan fingerprint density at radius 2 is 1.86 bits per heavy atom. The van der Waals surface area contributed by atoms with Gasteiger partial charge in [0.25, 0.3) is 0 Å². The van der Waals surface area contributed by atoms with E-state index in [-0.39, 0.29) is 24.5 Å². The SMILES string of the molecule is CC1(C)CCC(NC(=O)N2CCCCC2CC(=O)O)CC1. The second-order valence-electron chi connectivity index (χ2n) is 7.33. The average molecular weight is 296 g/mol. The van der Waals surface area contributed by atoms with Crippen LogP contribution < -0.4 is 5.32 Å². The molecular formula is C16H28N2O3. The molecule has 1 aliphatic heterocycles. The van der Waals surface area contributed by atoms with Crippen molar-refractivity contribution in [1.29, 1.82) is 0 Å². The van der Waals surface area contributed by atoms with Crippen LogP contribution in [0.25, 0.3) is 0 Å². The van der Waals surface area contributed by atoms with Gasteiger partial charge >= 0.3 is 12.0 Å². The van der Waals surface area contributed by atoms with Gasteiger partial charge in [-0.1, -0.05) is 13.8 Å². The molecule has 2 aliphatic rings. The maximum atomic E-state index is 12.4. The van der Waals surface area contributed by atoms with Gasteiger partial charge in [-0.3, -0.25) is 4.79 Å². The Kier molecular flexibility index (Phi) is 5.12. The van der Waals surface area contributed by atoms with Gasteiger partial charge in [0, 0.05) is 18.6 Å². The lowest BCUT2D eigenvalue weighted by Gasteiger charge is -2.38. The summed E-state index contributed by atoms with van der Waals surface area (Å²) in [5, 5.41) is 12.1. The molecule has 0 aromatic carbocycles. The normalized spacial score (nSPS) is 26.4. The van der Waals surface area contributed by atoms with Crippen molar-refractivity contribution in [3.63, 3.8) is 0 Å². The minimum atomic E-state index is -0.820. The zero-order valence-electron chi connectivity index (χ0n) is 13.2. The van der Waals surface area contributed by atoms with E-state index in [9.17, 15) is 9.59 Å². The molecule has 2 fully saturated rings. The molecule has 21 heavy (non-hydrogen) atoms. The van der Waals surface area contributed by atoms with Crippen LogP contribution in [0.2, 0.25) is 0 Å². The lowest BCUT2D eigenvalue weighted by atomic mass is 9.75. The van der Waals surface area contributed by atoms with E-state index in [1.54, 1.807) is 4.90 Å². The van der Waals surface area contributed by atoms with Crippen molar-refractivity contribution < 1.29 is 14.7 Å². The average Bonchev–Trinajstić information content (AvgIpc) is 2.41. The van der Waals surface area contributed by atoms with Crippen LogP contribution in [0.1, 0.15) is 65.2 Å². The number of likely N-dealkylation sites (tertiary alicyclic amines) is 1. The number of hydrogen-bond donors (Lipinski definition) is 2. The van der Waals surface area contributed by atoms with Crippen molar-refractivity contribution in [1.82, 2.24) is 10.2 Å². The minimum absolute atomic E-state index is 0.0606. The van der Waals surface area contributed by atoms with Crippen LogP contribution in [0, 0.1) is 5.41 Å². The molecule has 2 amide bonds. The molecule has 1 saturated carbocycles. The highest BCUT2D eigenvalue weighted by Gasteiger charge is 2.32. The fourth-order valence-electron chi connectivity index (χ4n) is 3.48. The van der Waals surface area contributed by atoms with E-state index in [4.69, 9.17) is 5.11 Å². The Morgan fingerprint density at radius 3 is 2.48 bits per heavy atom. The first-order chi connectivity index (χ1) is 9.87. The topological polar surface area (TPSA) is 69.6 Å². The number of hydrogen-bond acceptors (Lipinski definition) is 2. The second-order valence-corrected chi connectivity index (χ2v) is 7.33. The van der Waals surface area contributed by atoms with Crippen LogP contribution in [0.15, 0.2) is 0 Å². The Labute approximate surface area is 127 Å². The predicted molar refractivity (Wildman–Crippen MR) is 81.2 cm³/mol. The lowest BCUT2D eigenvalue weighted by molar-refractivity contribution is -0.138. The van der Waals surface area contributed by atoms with Crippen molar-refractivity contribution in [3.8, 4) is 0 Å². The first kappa shape index (κ1) is 16.1. The number of carbonyl (C=O) groups excluding carboxylic acids is 1. The summed E-state index contributed by atoms with van der Waals surface area (Å²) >= 11 is 0. The summed E-state index contributed by atoms with van der Waals surface area (Å²) in [6.45, 7) is 5.24. The van der Waals surface area contributed by atoms with Crippen molar-refractivity contribution in [3.05, 3.63) is 0 Å². The number of piperidine rings is 1. The summed E-state index contributed by atoms with van der Waals surface area (Å²) in [7, 11) is 0. The summed E-state index contributed by atoms with van der Waals surface area (Å²) in [5.41, 5.74) is 0.387. The third-order valence-corrected chi connectivity index (χ3v) is 4.96. The number of carboxylic acids is 1. The third-order valence-electron chi connectivity index (χ3n) is 4.96. The van der Waals surface area contributed by atoms with Gasteiger partial charge in [0.15, 0.2) is 0 Å². The first-order valence-electron chi connectivity index (χ1n) is 8.16. The monoisotopic (exact) mass is 296 g/mol. The van der Waals surface area contributed by atoms with Gasteiger partial charge in [-0.25, -0.2) is 4.79 Å². The lowest BCUT2D eigenvalue weighted by Crippen LogP contribution is -2.52. The Bertz CT molecular complexity index is 385. The number of carbonyl (C=O) groups is 2. The van der Waals surface area contributed by atoms with Crippen LogP contribution in [0.3, 0.4) is 0 Å². The second kappa shape index (κ2) is 6.67. The summed E-state index contributed by atoms with van der Waals surface area (Å²) < 4.78 is 0. The molecule has 2 N–H and O–H groups in total. The number of nitrogens with one attached hydrogen (secondary N) is 1. The van der Waals surface area contributed by atoms with Crippen LogP contribution in [0.5, 0.6) is 0 Å². The molecule has 120 valence electrons. The largest absolute Gasteiger partial charge is 0.481 e. The molecule has 0 aromatic heterocycles. The smallest absolute Gasteiger partial charge is 0.317 e. The summed E-state index contributed by atoms with van der Waals surface area (Å²) in [5.74, 6) is -0.820. The highest BCUT2D eigenvalue weighted by Crippen LogP contribution is 2.35.